The minimum absolute atomic E-state index is 0.625. The Labute approximate surface area is 122 Å². The van der Waals surface area contributed by atoms with E-state index in [2.05, 4.69) is 36.9 Å². The molecule has 0 saturated carbocycles. The molecule has 1 unspecified atom stereocenters. The Bertz CT molecular complexity index is 436. The smallest absolute Gasteiger partial charge is 0.144 e. The van der Waals surface area contributed by atoms with Gasteiger partial charge in [-0.05, 0) is 45.0 Å². The van der Waals surface area contributed by atoms with Gasteiger partial charge in [0.15, 0.2) is 0 Å². The van der Waals surface area contributed by atoms with E-state index in [-0.39, 0.29) is 0 Å². The number of nitrogens with two attached hydrogens (primary N) is 1. The molecule has 4 nitrogen and oxygen atoms in total. The van der Waals surface area contributed by atoms with Crippen LogP contribution in [0, 0.1) is 0 Å². The van der Waals surface area contributed by atoms with Gasteiger partial charge in [-0.15, -0.1) is 0 Å². The molecule has 0 radical (unpaired) electrons. The minimum Gasteiger partial charge on any atom is -0.491 e. The lowest BCUT2D eigenvalue weighted by Gasteiger charge is -2.28. The van der Waals surface area contributed by atoms with E-state index in [1.807, 2.05) is 12.1 Å². The van der Waals surface area contributed by atoms with E-state index in [9.17, 15) is 0 Å². The number of likely N-dealkylation sites (N-methyl/N-ethyl adjacent to an activating group) is 2. The molecule has 1 saturated heterocycles. The van der Waals surface area contributed by atoms with Gasteiger partial charge in [-0.1, -0.05) is 13.0 Å². The maximum absolute atomic E-state index is 6.25. The van der Waals surface area contributed by atoms with Crippen molar-refractivity contribution in [3.05, 3.63) is 18.2 Å². The zero-order chi connectivity index (χ0) is 14.5. The number of rotatable bonds is 6. The summed E-state index contributed by atoms with van der Waals surface area (Å²) in [4.78, 5) is 4.69. The summed E-state index contributed by atoms with van der Waals surface area (Å²) >= 11 is 0. The molecule has 1 aromatic rings. The summed E-state index contributed by atoms with van der Waals surface area (Å²) in [6, 6.07) is 6.66. The maximum atomic E-state index is 6.25. The van der Waals surface area contributed by atoms with Crippen LogP contribution in [0.25, 0.3) is 0 Å². The highest BCUT2D eigenvalue weighted by Gasteiger charge is 2.23. The maximum Gasteiger partial charge on any atom is 0.144 e. The van der Waals surface area contributed by atoms with Crippen LogP contribution < -0.4 is 15.4 Å². The van der Waals surface area contributed by atoms with E-state index < -0.39 is 0 Å². The minimum atomic E-state index is 0.625. The van der Waals surface area contributed by atoms with Crippen molar-refractivity contribution in [2.45, 2.75) is 32.2 Å². The Kier molecular flexibility index (Phi) is 5.12. The summed E-state index contributed by atoms with van der Waals surface area (Å²) in [5.74, 6) is 0.802. The highest BCUT2D eigenvalue weighted by atomic mass is 16.5. The standard InChI is InChI=1S/C16H27N3O/c1-4-11-20-15-9-5-8-14(16(15)17)19(3)12-13-7-6-10-18(13)2/h5,8-9,13H,4,6-7,10-12,17H2,1-3H3. The number of para-hydroxylation sites is 1. The Morgan fingerprint density at radius 1 is 1.45 bits per heavy atom. The number of likely N-dealkylation sites (tertiary alicyclic amines) is 1. The Morgan fingerprint density at radius 2 is 2.25 bits per heavy atom. The van der Waals surface area contributed by atoms with Gasteiger partial charge in [-0.2, -0.15) is 0 Å². The molecule has 0 spiro atoms. The Balaban J connectivity index is 2.07. The van der Waals surface area contributed by atoms with Gasteiger partial charge in [0, 0.05) is 19.6 Å². The normalized spacial score (nSPS) is 19.2. The van der Waals surface area contributed by atoms with Crippen molar-refractivity contribution < 1.29 is 4.74 Å². The first kappa shape index (κ1) is 15.0. The van der Waals surface area contributed by atoms with Crippen molar-refractivity contribution in [1.82, 2.24) is 4.90 Å². The molecule has 20 heavy (non-hydrogen) atoms. The number of anilines is 2. The molecule has 1 atom stereocenters. The van der Waals surface area contributed by atoms with Gasteiger partial charge in [0.2, 0.25) is 0 Å². The van der Waals surface area contributed by atoms with Crippen molar-refractivity contribution in [3.63, 3.8) is 0 Å². The molecule has 1 heterocycles. The lowest BCUT2D eigenvalue weighted by molar-refractivity contribution is 0.313. The van der Waals surface area contributed by atoms with Crippen LogP contribution in [0.3, 0.4) is 0 Å². The lowest BCUT2D eigenvalue weighted by Crippen LogP contribution is -2.36. The van der Waals surface area contributed by atoms with Crippen LogP contribution in [0.2, 0.25) is 0 Å². The zero-order valence-corrected chi connectivity index (χ0v) is 12.9. The second-order valence-corrected chi connectivity index (χ2v) is 5.69. The van der Waals surface area contributed by atoms with Gasteiger partial charge >= 0.3 is 0 Å². The molecule has 1 fully saturated rings. The van der Waals surface area contributed by atoms with Gasteiger partial charge in [0.05, 0.1) is 18.0 Å². The summed E-state index contributed by atoms with van der Waals surface area (Å²) in [5, 5.41) is 0. The SMILES string of the molecule is CCCOc1cccc(N(C)CC2CCCN2C)c1N. The molecular formula is C16H27N3O. The quantitative estimate of drug-likeness (QED) is 0.812. The van der Waals surface area contributed by atoms with E-state index in [1.54, 1.807) is 0 Å². The Hall–Kier alpha value is -1.42. The largest absolute Gasteiger partial charge is 0.491 e. The first-order valence-electron chi connectivity index (χ1n) is 7.56. The van der Waals surface area contributed by atoms with Crippen molar-refractivity contribution in [2.75, 3.05) is 44.4 Å². The van der Waals surface area contributed by atoms with Crippen molar-refractivity contribution in [1.29, 1.82) is 0 Å². The zero-order valence-electron chi connectivity index (χ0n) is 12.9. The third-order valence-corrected chi connectivity index (χ3v) is 4.07. The van der Waals surface area contributed by atoms with E-state index >= 15 is 0 Å². The van der Waals surface area contributed by atoms with E-state index in [1.165, 1.54) is 19.4 Å². The molecule has 4 heteroatoms. The van der Waals surface area contributed by atoms with E-state index in [0.717, 1.165) is 30.1 Å². The van der Waals surface area contributed by atoms with Crippen LogP contribution in [0.5, 0.6) is 5.75 Å². The van der Waals surface area contributed by atoms with E-state index in [0.29, 0.717) is 12.6 Å². The number of hydrogen-bond acceptors (Lipinski definition) is 4. The van der Waals surface area contributed by atoms with Crippen molar-refractivity contribution in [2.24, 2.45) is 0 Å². The number of nitrogens with zero attached hydrogens (tertiary/aromatic N) is 2. The van der Waals surface area contributed by atoms with Gasteiger partial charge in [0.1, 0.15) is 5.75 Å². The predicted octanol–water partition coefficient (Wildman–Crippen LogP) is 2.59. The van der Waals surface area contributed by atoms with Crippen LogP contribution in [-0.2, 0) is 0 Å². The van der Waals surface area contributed by atoms with Gasteiger partial charge < -0.3 is 20.3 Å². The van der Waals surface area contributed by atoms with Crippen LogP contribution >= 0.6 is 0 Å². The molecule has 2 rings (SSSR count). The number of ether oxygens (including phenoxy) is 1. The molecule has 112 valence electrons. The summed E-state index contributed by atoms with van der Waals surface area (Å²) in [6.45, 7) is 5.02. The summed E-state index contributed by atoms with van der Waals surface area (Å²) < 4.78 is 5.71. The van der Waals surface area contributed by atoms with Crippen molar-refractivity contribution in [3.8, 4) is 5.75 Å². The molecule has 0 bridgehead atoms. The first-order valence-corrected chi connectivity index (χ1v) is 7.56. The second kappa shape index (κ2) is 6.84. The fourth-order valence-electron chi connectivity index (χ4n) is 2.83. The molecule has 0 amide bonds. The van der Waals surface area contributed by atoms with E-state index in [4.69, 9.17) is 10.5 Å². The third-order valence-electron chi connectivity index (χ3n) is 4.07. The second-order valence-electron chi connectivity index (χ2n) is 5.69. The number of benzene rings is 1. The summed E-state index contributed by atoms with van der Waals surface area (Å²) in [7, 11) is 4.32. The van der Waals surface area contributed by atoms with Crippen molar-refractivity contribution >= 4 is 11.4 Å². The monoisotopic (exact) mass is 277 g/mol. The first-order chi connectivity index (χ1) is 9.63. The molecule has 2 N–H and O–H groups in total. The predicted molar refractivity (Wildman–Crippen MR) is 85.6 cm³/mol. The Morgan fingerprint density at radius 3 is 2.90 bits per heavy atom. The summed E-state index contributed by atoms with van der Waals surface area (Å²) in [6.07, 6.45) is 3.56. The van der Waals surface area contributed by atoms with Gasteiger partial charge in [-0.3, -0.25) is 0 Å². The molecule has 1 aliphatic heterocycles. The molecule has 1 aromatic carbocycles. The van der Waals surface area contributed by atoms with Gasteiger partial charge in [0.25, 0.3) is 0 Å². The highest BCUT2D eigenvalue weighted by Crippen LogP contribution is 2.32. The number of nitrogen functional groups attached to an aromatic ring is 1. The van der Waals surface area contributed by atoms with Crippen LogP contribution in [0.4, 0.5) is 11.4 Å². The van der Waals surface area contributed by atoms with Crippen LogP contribution in [0.15, 0.2) is 18.2 Å². The highest BCUT2D eigenvalue weighted by molar-refractivity contribution is 5.73. The van der Waals surface area contributed by atoms with Crippen LogP contribution in [-0.4, -0.2) is 44.7 Å². The topological polar surface area (TPSA) is 41.7 Å². The molecule has 0 aromatic heterocycles. The molecule has 1 aliphatic rings. The number of hydrogen-bond donors (Lipinski definition) is 1. The van der Waals surface area contributed by atoms with Gasteiger partial charge in [-0.25, -0.2) is 0 Å². The fraction of sp³-hybridized carbons (Fsp3) is 0.625. The fourth-order valence-corrected chi connectivity index (χ4v) is 2.83. The molecule has 0 aliphatic carbocycles. The van der Waals surface area contributed by atoms with Crippen LogP contribution in [0.1, 0.15) is 26.2 Å². The lowest BCUT2D eigenvalue weighted by atomic mass is 10.2. The third kappa shape index (κ3) is 3.37. The summed E-state index contributed by atoms with van der Waals surface area (Å²) in [5.41, 5.74) is 8.08. The molecular weight excluding hydrogens is 250 g/mol. The average molecular weight is 277 g/mol. The average Bonchev–Trinajstić information content (AvgIpc) is 2.83.